The molecule has 5 heteroatoms. The van der Waals surface area contributed by atoms with E-state index in [1.54, 1.807) is 11.0 Å². The van der Waals surface area contributed by atoms with Gasteiger partial charge in [0.25, 0.3) is 5.91 Å². The molecule has 0 aliphatic carbocycles. The number of carbonyl (C=O) groups is 2. The number of hydrogen-bond donors (Lipinski definition) is 0. The largest absolute Gasteiger partial charge is 0.332 e. The number of nitrogens with zero attached hydrogens (tertiary/aromatic N) is 2. The van der Waals surface area contributed by atoms with Crippen molar-refractivity contribution in [3.05, 3.63) is 65.2 Å². The summed E-state index contributed by atoms with van der Waals surface area (Å²) in [7, 11) is 0. The van der Waals surface area contributed by atoms with Crippen LogP contribution >= 0.6 is 0 Å². The van der Waals surface area contributed by atoms with Gasteiger partial charge in [-0.2, -0.15) is 0 Å². The Morgan fingerprint density at radius 3 is 2.52 bits per heavy atom. The molecule has 0 radical (unpaired) electrons. The molecule has 1 aliphatic rings. The molecule has 3 rings (SSSR count). The topological polar surface area (TPSA) is 59.0 Å². The molecule has 1 aliphatic heterocycles. The average molecular weight is 308 g/mol. The number of fused-ring (bicyclic) bond motifs is 1. The van der Waals surface area contributed by atoms with Crippen molar-refractivity contribution < 1.29 is 14.4 Å². The highest BCUT2D eigenvalue weighted by atomic mass is 16.7. The summed E-state index contributed by atoms with van der Waals surface area (Å²) in [5.74, 6) is -0.826. The number of benzene rings is 2. The van der Waals surface area contributed by atoms with Crippen LogP contribution in [0, 0.1) is 6.92 Å². The van der Waals surface area contributed by atoms with Crippen molar-refractivity contribution in [1.82, 2.24) is 0 Å². The van der Waals surface area contributed by atoms with Crippen LogP contribution < -0.4 is 4.90 Å². The predicted molar refractivity (Wildman–Crippen MR) is 87.1 cm³/mol. The van der Waals surface area contributed by atoms with Gasteiger partial charge in [-0.1, -0.05) is 53.2 Å². The van der Waals surface area contributed by atoms with Crippen LogP contribution in [0.15, 0.2) is 53.7 Å². The molecule has 0 unspecified atom stereocenters. The Labute approximate surface area is 134 Å². The van der Waals surface area contributed by atoms with E-state index in [0.717, 1.165) is 11.3 Å². The Balaban J connectivity index is 1.95. The van der Waals surface area contributed by atoms with Gasteiger partial charge < -0.3 is 9.74 Å². The summed E-state index contributed by atoms with van der Waals surface area (Å²) in [5.41, 5.74) is 3.78. The summed E-state index contributed by atoms with van der Waals surface area (Å²) < 4.78 is 0. The van der Waals surface area contributed by atoms with E-state index < -0.39 is 5.97 Å². The smallest absolute Gasteiger partial charge is 0.318 e. The number of hydrogen-bond acceptors (Lipinski definition) is 4. The summed E-state index contributed by atoms with van der Waals surface area (Å²) in [6.45, 7) is 3.71. The van der Waals surface area contributed by atoms with Crippen molar-refractivity contribution in [2.24, 2.45) is 5.16 Å². The van der Waals surface area contributed by atoms with E-state index in [0.29, 0.717) is 12.1 Å². The Hall–Kier alpha value is -2.95. The van der Waals surface area contributed by atoms with Gasteiger partial charge in [0, 0.05) is 12.5 Å². The van der Waals surface area contributed by atoms with Crippen molar-refractivity contribution in [2.45, 2.75) is 20.4 Å². The second-order valence-electron chi connectivity index (χ2n) is 5.42. The number of carbonyl (C=O) groups excluding carboxylic acids is 2. The van der Waals surface area contributed by atoms with E-state index in [9.17, 15) is 9.59 Å². The quantitative estimate of drug-likeness (QED) is 0.647. The van der Waals surface area contributed by atoms with E-state index in [1.165, 1.54) is 12.5 Å². The van der Waals surface area contributed by atoms with Crippen molar-refractivity contribution in [3.63, 3.8) is 0 Å². The summed E-state index contributed by atoms with van der Waals surface area (Å²) in [4.78, 5) is 29.9. The van der Waals surface area contributed by atoms with Crippen molar-refractivity contribution >= 4 is 23.3 Å². The Kier molecular flexibility index (Phi) is 3.93. The first-order chi connectivity index (χ1) is 11.1. The van der Waals surface area contributed by atoms with Crippen LogP contribution in [-0.2, 0) is 21.0 Å². The molecule has 23 heavy (non-hydrogen) atoms. The van der Waals surface area contributed by atoms with E-state index in [1.807, 2.05) is 49.4 Å². The number of amides is 1. The number of aryl methyl sites for hydroxylation is 1. The van der Waals surface area contributed by atoms with Crippen LogP contribution in [0.4, 0.5) is 5.69 Å². The molecule has 0 fully saturated rings. The lowest BCUT2D eigenvalue weighted by molar-refractivity contribution is -0.140. The Bertz CT molecular complexity index is 794. The van der Waals surface area contributed by atoms with Gasteiger partial charge in [-0.05, 0) is 18.6 Å². The molecule has 5 nitrogen and oxygen atoms in total. The minimum absolute atomic E-state index is 0.155. The number of oxime groups is 1. The highest BCUT2D eigenvalue weighted by Crippen LogP contribution is 2.30. The lowest BCUT2D eigenvalue weighted by atomic mass is 10.1. The standard InChI is InChI=1S/C18H16N2O3/c1-12-7-9-14(10-8-12)11-20-16-6-4-3-5-15(16)17(18(20)22)19-23-13(2)21/h3-10H,11H2,1-2H3/b19-17-. The van der Waals surface area contributed by atoms with Crippen molar-refractivity contribution in [3.8, 4) is 0 Å². The fourth-order valence-corrected chi connectivity index (χ4v) is 2.49. The van der Waals surface area contributed by atoms with E-state index in [2.05, 4.69) is 9.99 Å². The van der Waals surface area contributed by atoms with Gasteiger partial charge in [-0.15, -0.1) is 0 Å². The average Bonchev–Trinajstić information content (AvgIpc) is 2.80. The number of para-hydroxylation sites is 1. The van der Waals surface area contributed by atoms with Crippen LogP contribution in [-0.4, -0.2) is 17.6 Å². The number of anilines is 1. The third-order valence-corrected chi connectivity index (χ3v) is 3.62. The first-order valence-electron chi connectivity index (χ1n) is 7.28. The zero-order chi connectivity index (χ0) is 16.4. The van der Waals surface area contributed by atoms with E-state index in [-0.39, 0.29) is 11.6 Å². The van der Waals surface area contributed by atoms with Crippen LogP contribution in [0.5, 0.6) is 0 Å². The SMILES string of the molecule is CC(=O)O/N=C1\C(=O)N(Cc2ccc(C)cc2)c2ccccc21. The molecule has 0 spiro atoms. The van der Waals surface area contributed by atoms with Gasteiger partial charge in [0.2, 0.25) is 0 Å². The Morgan fingerprint density at radius 2 is 1.83 bits per heavy atom. The molecular weight excluding hydrogens is 292 g/mol. The lowest BCUT2D eigenvalue weighted by Crippen LogP contribution is -2.29. The zero-order valence-electron chi connectivity index (χ0n) is 12.9. The highest BCUT2D eigenvalue weighted by Gasteiger charge is 2.34. The van der Waals surface area contributed by atoms with Gasteiger partial charge in [0.15, 0.2) is 5.71 Å². The fourth-order valence-electron chi connectivity index (χ4n) is 2.49. The molecule has 2 aromatic carbocycles. The third-order valence-electron chi connectivity index (χ3n) is 3.62. The molecular formula is C18H16N2O3. The van der Waals surface area contributed by atoms with Gasteiger partial charge in [-0.25, -0.2) is 4.79 Å². The molecule has 0 bridgehead atoms. The Morgan fingerprint density at radius 1 is 1.13 bits per heavy atom. The molecule has 1 amide bonds. The molecule has 0 aromatic heterocycles. The first-order valence-corrected chi connectivity index (χ1v) is 7.28. The maximum atomic E-state index is 12.7. The van der Waals surface area contributed by atoms with Crippen LogP contribution in [0.2, 0.25) is 0 Å². The summed E-state index contributed by atoms with van der Waals surface area (Å²) in [5, 5.41) is 3.73. The number of rotatable bonds is 3. The molecule has 0 atom stereocenters. The molecule has 0 N–H and O–H groups in total. The highest BCUT2D eigenvalue weighted by molar-refractivity contribution is 6.54. The second kappa shape index (κ2) is 6.04. The molecule has 116 valence electrons. The van der Waals surface area contributed by atoms with Crippen LogP contribution in [0.25, 0.3) is 0 Å². The third kappa shape index (κ3) is 2.99. The molecule has 0 saturated carbocycles. The van der Waals surface area contributed by atoms with Crippen LogP contribution in [0.1, 0.15) is 23.6 Å². The summed E-state index contributed by atoms with van der Waals surface area (Å²) in [6.07, 6.45) is 0. The molecule has 0 saturated heterocycles. The normalized spacial score (nSPS) is 15.0. The second-order valence-corrected chi connectivity index (χ2v) is 5.42. The summed E-state index contributed by atoms with van der Waals surface area (Å²) >= 11 is 0. The van der Waals surface area contributed by atoms with Gasteiger partial charge in [0.05, 0.1) is 12.2 Å². The van der Waals surface area contributed by atoms with Crippen molar-refractivity contribution in [1.29, 1.82) is 0 Å². The van der Waals surface area contributed by atoms with Crippen LogP contribution in [0.3, 0.4) is 0 Å². The molecule has 2 aromatic rings. The monoisotopic (exact) mass is 308 g/mol. The van der Waals surface area contributed by atoms with Crippen molar-refractivity contribution in [2.75, 3.05) is 4.90 Å². The maximum Gasteiger partial charge on any atom is 0.332 e. The minimum Gasteiger partial charge on any atom is -0.318 e. The molecule has 1 heterocycles. The zero-order valence-corrected chi connectivity index (χ0v) is 12.9. The fraction of sp³-hybridized carbons (Fsp3) is 0.167. The van der Waals surface area contributed by atoms with Gasteiger partial charge in [-0.3, -0.25) is 4.79 Å². The van der Waals surface area contributed by atoms with Gasteiger partial charge in [0.1, 0.15) is 0 Å². The van der Waals surface area contributed by atoms with E-state index in [4.69, 9.17) is 0 Å². The van der Waals surface area contributed by atoms with E-state index >= 15 is 0 Å². The maximum absolute atomic E-state index is 12.7. The summed E-state index contributed by atoms with van der Waals surface area (Å²) in [6, 6.07) is 15.3. The van der Waals surface area contributed by atoms with Gasteiger partial charge >= 0.3 is 5.97 Å². The minimum atomic E-state index is -0.556. The lowest BCUT2D eigenvalue weighted by Gasteiger charge is -2.16. The first kappa shape index (κ1) is 15.0. The predicted octanol–water partition coefficient (Wildman–Crippen LogP) is 2.81.